The van der Waals surface area contributed by atoms with Crippen LogP contribution in [0.2, 0.25) is 0 Å². The molecule has 0 aliphatic rings. The molecule has 1 amide bonds. The van der Waals surface area contributed by atoms with E-state index in [2.05, 4.69) is 6.92 Å². The van der Waals surface area contributed by atoms with Crippen LogP contribution in [0.15, 0.2) is 24.3 Å². The summed E-state index contributed by atoms with van der Waals surface area (Å²) in [6.45, 7) is 7.85. The molecule has 3 nitrogen and oxygen atoms in total. The maximum Gasteiger partial charge on any atom is 0.260 e. The number of rotatable bonds is 7. The summed E-state index contributed by atoms with van der Waals surface area (Å²) in [5.74, 6) is 0.812. The van der Waals surface area contributed by atoms with Crippen molar-refractivity contribution in [2.24, 2.45) is 0 Å². The summed E-state index contributed by atoms with van der Waals surface area (Å²) >= 11 is 0. The van der Waals surface area contributed by atoms with E-state index in [1.54, 1.807) is 0 Å². The van der Waals surface area contributed by atoms with Crippen LogP contribution >= 0.6 is 0 Å². The molecule has 0 fully saturated rings. The Morgan fingerprint density at radius 2 is 1.89 bits per heavy atom. The van der Waals surface area contributed by atoms with Gasteiger partial charge in [-0.3, -0.25) is 4.79 Å². The zero-order valence-electron chi connectivity index (χ0n) is 11.6. The molecule has 18 heavy (non-hydrogen) atoms. The van der Waals surface area contributed by atoms with E-state index in [9.17, 15) is 4.79 Å². The minimum absolute atomic E-state index is 0.0616. The van der Waals surface area contributed by atoms with Crippen molar-refractivity contribution >= 4 is 5.91 Å². The molecule has 0 N–H and O–H groups in total. The number of carbonyl (C=O) groups is 1. The maximum absolute atomic E-state index is 11.9. The molecule has 1 aromatic carbocycles. The second-order valence-corrected chi connectivity index (χ2v) is 4.43. The fourth-order valence-corrected chi connectivity index (χ4v) is 1.68. The van der Waals surface area contributed by atoms with Gasteiger partial charge in [0.05, 0.1) is 0 Å². The largest absolute Gasteiger partial charge is 0.484 e. The average Bonchev–Trinajstić information content (AvgIpc) is 2.39. The molecule has 1 rings (SSSR count). The van der Waals surface area contributed by atoms with Crippen molar-refractivity contribution in [3.8, 4) is 5.75 Å². The number of benzene rings is 1. The van der Waals surface area contributed by atoms with Gasteiger partial charge < -0.3 is 9.64 Å². The molecule has 100 valence electrons. The van der Waals surface area contributed by atoms with Gasteiger partial charge in [-0.2, -0.15) is 0 Å². The van der Waals surface area contributed by atoms with Gasteiger partial charge in [0.25, 0.3) is 5.91 Å². The fourth-order valence-electron chi connectivity index (χ4n) is 1.68. The van der Waals surface area contributed by atoms with Gasteiger partial charge in [0.2, 0.25) is 0 Å². The monoisotopic (exact) mass is 249 g/mol. The molecule has 0 bridgehead atoms. The number of aryl methyl sites for hydroxylation is 1. The van der Waals surface area contributed by atoms with Crippen LogP contribution in [0.1, 0.15) is 32.3 Å². The number of nitrogens with zero attached hydrogens (tertiary/aromatic N) is 1. The van der Waals surface area contributed by atoms with Crippen molar-refractivity contribution in [1.82, 2.24) is 4.90 Å². The molecule has 0 radical (unpaired) electrons. The summed E-state index contributed by atoms with van der Waals surface area (Å²) in [4.78, 5) is 13.8. The minimum Gasteiger partial charge on any atom is -0.484 e. The van der Waals surface area contributed by atoms with E-state index in [1.807, 2.05) is 43.0 Å². The number of likely N-dealkylation sites (N-methyl/N-ethyl adjacent to an activating group) is 1. The summed E-state index contributed by atoms with van der Waals surface area (Å²) in [6, 6.07) is 7.75. The van der Waals surface area contributed by atoms with E-state index < -0.39 is 0 Å². The molecule has 0 spiro atoms. The van der Waals surface area contributed by atoms with E-state index in [4.69, 9.17) is 4.74 Å². The van der Waals surface area contributed by atoms with Crippen LogP contribution in [0.25, 0.3) is 0 Å². The lowest BCUT2D eigenvalue weighted by atomic mass is 10.2. The quantitative estimate of drug-likeness (QED) is 0.743. The third kappa shape index (κ3) is 4.78. The zero-order valence-corrected chi connectivity index (χ0v) is 11.6. The van der Waals surface area contributed by atoms with Gasteiger partial charge in [-0.1, -0.05) is 31.0 Å². The topological polar surface area (TPSA) is 29.5 Å². The highest BCUT2D eigenvalue weighted by atomic mass is 16.5. The molecule has 3 heteroatoms. The van der Waals surface area contributed by atoms with Gasteiger partial charge in [0.1, 0.15) is 5.75 Å². The molecule has 0 aliphatic carbocycles. The van der Waals surface area contributed by atoms with Crippen molar-refractivity contribution in [2.45, 2.75) is 33.6 Å². The van der Waals surface area contributed by atoms with Gasteiger partial charge in [-0.25, -0.2) is 0 Å². The van der Waals surface area contributed by atoms with Gasteiger partial charge in [0.15, 0.2) is 6.61 Å². The van der Waals surface area contributed by atoms with E-state index in [1.165, 1.54) is 5.56 Å². The SMILES string of the molecule is CCCCN(CC)C(=O)COc1ccc(C)cc1. The predicted octanol–water partition coefficient (Wildman–Crippen LogP) is 3.02. The standard InChI is InChI=1S/C15H23NO2/c1-4-6-11-16(5-2)15(17)12-18-14-9-7-13(3)8-10-14/h7-10H,4-6,11-12H2,1-3H3. The highest BCUT2D eigenvalue weighted by molar-refractivity contribution is 5.77. The molecule has 0 heterocycles. The number of ether oxygens (including phenoxy) is 1. The lowest BCUT2D eigenvalue weighted by molar-refractivity contribution is -0.133. The number of unbranched alkanes of at least 4 members (excludes halogenated alkanes) is 1. The summed E-state index contributed by atoms with van der Waals surface area (Å²) in [5.41, 5.74) is 1.19. The highest BCUT2D eigenvalue weighted by Crippen LogP contribution is 2.11. The first-order valence-electron chi connectivity index (χ1n) is 6.64. The summed E-state index contributed by atoms with van der Waals surface area (Å²) in [6.07, 6.45) is 2.15. The second-order valence-electron chi connectivity index (χ2n) is 4.43. The first-order valence-corrected chi connectivity index (χ1v) is 6.64. The van der Waals surface area contributed by atoms with Crippen LogP contribution < -0.4 is 4.74 Å². The van der Waals surface area contributed by atoms with Crippen LogP contribution in [0.4, 0.5) is 0 Å². The van der Waals surface area contributed by atoms with Crippen molar-refractivity contribution in [2.75, 3.05) is 19.7 Å². The normalized spacial score (nSPS) is 10.2. The van der Waals surface area contributed by atoms with E-state index in [0.717, 1.165) is 31.7 Å². The van der Waals surface area contributed by atoms with Crippen LogP contribution in [0, 0.1) is 6.92 Å². The fraction of sp³-hybridized carbons (Fsp3) is 0.533. The highest BCUT2D eigenvalue weighted by Gasteiger charge is 2.11. The Hall–Kier alpha value is -1.51. The Balaban J connectivity index is 2.41. The second kappa shape index (κ2) is 7.75. The first-order chi connectivity index (χ1) is 8.67. The Bertz CT molecular complexity index is 359. The number of hydrogen-bond donors (Lipinski definition) is 0. The molecular formula is C15H23NO2. The van der Waals surface area contributed by atoms with Crippen LogP contribution in [-0.2, 0) is 4.79 Å². The Morgan fingerprint density at radius 1 is 1.22 bits per heavy atom. The molecule has 0 aromatic heterocycles. The first kappa shape index (κ1) is 14.6. The number of carbonyl (C=O) groups excluding carboxylic acids is 1. The summed E-state index contributed by atoms with van der Waals surface area (Å²) in [5, 5.41) is 0. The molecule has 0 aliphatic heterocycles. The Kier molecular flexibility index (Phi) is 6.26. The molecular weight excluding hydrogens is 226 g/mol. The number of amides is 1. The molecule has 0 saturated carbocycles. The zero-order chi connectivity index (χ0) is 13.4. The third-order valence-corrected chi connectivity index (χ3v) is 2.90. The third-order valence-electron chi connectivity index (χ3n) is 2.90. The lowest BCUT2D eigenvalue weighted by Gasteiger charge is -2.20. The predicted molar refractivity (Wildman–Crippen MR) is 73.8 cm³/mol. The Labute approximate surface area is 110 Å². The van der Waals surface area contributed by atoms with Crippen molar-refractivity contribution in [3.63, 3.8) is 0 Å². The van der Waals surface area contributed by atoms with Gasteiger partial charge in [-0.05, 0) is 32.4 Å². The average molecular weight is 249 g/mol. The van der Waals surface area contributed by atoms with Crippen molar-refractivity contribution in [1.29, 1.82) is 0 Å². The molecule has 0 unspecified atom stereocenters. The van der Waals surface area contributed by atoms with Crippen molar-refractivity contribution in [3.05, 3.63) is 29.8 Å². The van der Waals surface area contributed by atoms with E-state index >= 15 is 0 Å². The van der Waals surface area contributed by atoms with Gasteiger partial charge in [-0.15, -0.1) is 0 Å². The van der Waals surface area contributed by atoms with Crippen LogP contribution in [0.3, 0.4) is 0 Å². The van der Waals surface area contributed by atoms with Crippen LogP contribution in [-0.4, -0.2) is 30.5 Å². The van der Waals surface area contributed by atoms with E-state index in [0.29, 0.717) is 0 Å². The summed E-state index contributed by atoms with van der Waals surface area (Å²) < 4.78 is 5.49. The maximum atomic E-state index is 11.9. The molecule has 0 atom stereocenters. The smallest absolute Gasteiger partial charge is 0.260 e. The number of hydrogen-bond acceptors (Lipinski definition) is 2. The summed E-state index contributed by atoms with van der Waals surface area (Å²) in [7, 11) is 0. The van der Waals surface area contributed by atoms with Gasteiger partial charge >= 0.3 is 0 Å². The lowest BCUT2D eigenvalue weighted by Crippen LogP contribution is -2.35. The van der Waals surface area contributed by atoms with Gasteiger partial charge in [0, 0.05) is 13.1 Å². The van der Waals surface area contributed by atoms with E-state index in [-0.39, 0.29) is 12.5 Å². The molecule has 1 aromatic rings. The van der Waals surface area contributed by atoms with Crippen molar-refractivity contribution < 1.29 is 9.53 Å². The Morgan fingerprint density at radius 3 is 2.44 bits per heavy atom. The minimum atomic E-state index is 0.0616. The molecule has 0 saturated heterocycles. The van der Waals surface area contributed by atoms with Crippen LogP contribution in [0.5, 0.6) is 5.75 Å².